The van der Waals surface area contributed by atoms with Gasteiger partial charge in [-0.2, -0.15) is 0 Å². The second-order valence-corrected chi connectivity index (χ2v) is 6.43. The molecule has 0 aliphatic heterocycles. The van der Waals surface area contributed by atoms with Crippen molar-refractivity contribution < 1.29 is 0 Å². The Morgan fingerprint density at radius 1 is 1.11 bits per heavy atom. The average molecular weight is 280 g/mol. The van der Waals surface area contributed by atoms with Gasteiger partial charge in [0.25, 0.3) is 0 Å². The van der Waals surface area contributed by atoms with Crippen LogP contribution in [-0.2, 0) is 13.0 Å². The van der Waals surface area contributed by atoms with Crippen LogP contribution in [-0.4, -0.2) is 6.54 Å². The van der Waals surface area contributed by atoms with Gasteiger partial charge in [0.15, 0.2) is 0 Å². The third-order valence-corrected chi connectivity index (χ3v) is 4.08. The van der Waals surface area contributed by atoms with Gasteiger partial charge in [0.2, 0.25) is 0 Å². The first-order chi connectivity index (χ1) is 8.63. The van der Waals surface area contributed by atoms with E-state index in [0.29, 0.717) is 0 Å². The van der Waals surface area contributed by atoms with Gasteiger partial charge in [-0.05, 0) is 38.0 Å². The molecule has 0 aliphatic carbocycles. The lowest BCUT2D eigenvalue weighted by Gasteiger charge is -2.06. The van der Waals surface area contributed by atoms with E-state index in [-0.39, 0.29) is 0 Å². The first-order valence-electron chi connectivity index (χ1n) is 6.15. The zero-order valence-electron chi connectivity index (χ0n) is 10.8. The molecule has 1 N–H and O–H groups in total. The molecule has 0 spiro atoms. The van der Waals surface area contributed by atoms with E-state index >= 15 is 0 Å². The molecule has 96 valence electrons. The fourth-order valence-corrected chi connectivity index (χ4v) is 3.19. The fraction of sp³-hybridized carbons (Fsp3) is 0.333. The van der Waals surface area contributed by atoms with Gasteiger partial charge in [-0.3, -0.25) is 0 Å². The Bertz CT molecular complexity index is 499. The van der Waals surface area contributed by atoms with Gasteiger partial charge < -0.3 is 5.32 Å². The zero-order valence-corrected chi connectivity index (χ0v) is 12.4. The maximum Gasteiger partial charge on any atom is 0.0931 e. The van der Waals surface area contributed by atoms with Crippen LogP contribution < -0.4 is 5.32 Å². The molecule has 3 heteroatoms. The van der Waals surface area contributed by atoms with E-state index in [1.807, 2.05) is 6.07 Å². The zero-order chi connectivity index (χ0) is 13.0. The maximum absolute atomic E-state index is 5.90. The van der Waals surface area contributed by atoms with Gasteiger partial charge in [0, 0.05) is 18.0 Å². The molecule has 0 radical (unpaired) electrons. The predicted octanol–water partition coefficient (Wildman–Crippen LogP) is 4.35. The summed E-state index contributed by atoms with van der Waals surface area (Å²) in [5, 5.41) is 3.48. The molecule has 18 heavy (non-hydrogen) atoms. The van der Waals surface area contributed by atoms with E-state index in [2.05, 4.69) is 43.4 Å². The predicted molar refractivity (Wildman–Crippen MR) is 80.7 cm³/mol. The lowest BCUT2D eigenvalue weighted by molar-refractivity contribution is 0.690. The number of nitrogens with one attached hydrogen (secondary N) is 1. The number of thiophene rings is 1. The van der Waals surface area contributed by atoms with Crippen molar-refractivity contribution in [2.24, 2.45) is 0 Å². The Hall–Kier alpha value is -0.830. The smallest absolute Gasteiger partial charge is 0.0931 e. The minimum absolute atomic E-state index is 0.874. The van der Waals surface area contributed by atoms with Crippen molar-refractivity contribution >= 4 is 22.9 Å². The monoisotopic (exact) mass is 279 g/mol. The third kappa shape index (κ3) is 4.13. The average Bonchev–Trinajstić information content (AvgIpc) is 2.69. The number of halogens is 1. The number of aryl methyl sites for hydroxylation is 2. The van der Waals surface area contributed by atoms with Crippen LogP contribution in [0, 0.1) is 13.8 Å². The van der Waals surface area contributed by atoms with E-state index in [9.17, 15) is 0 Å². The number of hydrogen-bond acceptors (Lipinski definition) is 2. The van der Waals surface area contributed by atoms with Gasteiger partial charge in [0.05, 0.1) is 4.34 Å². The molecule has 1 aromatic heterocycles. The molecule has 0 saturated heterocycles. The van der Waals surface area contributed by atoms with Crippen molar-refractivity contribution in [3.63, 3.8) is 0 Å². The van der Waals surface area contributed by atoms with Crippen LogP contribution in [0.15, 0.2) is 30.3 Å². The maximum atomic E-state index is 5.90. The summed E-state index contributed by atoms with van der Waals surface area (Å²) in [6.45, 7) is 6.21. The van der Waals surface area contributed by atoms with E-state index in [0.717, 1.165) is 23.8 Å². The Labute approximate surface area is 118 Å². The summed E-state index contributed by atoms with van der Waals surface area (Å²) in [7, 11) is 0. The van der Waals surface area contributed by atoms with E-state index in [1.54, 1.807) is 11.3 Å². The third-order valence-electron chi connectivity index (χ3n) is 2.79. The van der Waals surface area contributed by atoms with Crippen LogP contribution in [0.1, 0.15) is 21.6 Å². The minimum Gasteiger partial charge on any atom is -0.312 e. The Morgan fingerprint density at radius 2 is 1.83 bits per heavy atom. The molecule has 0 saturated carbocycles. The van der Waals surface area contributed by atoms with Gasteiger partial charge >= 0.3 is 0 Å². The molecule has 1 heterocycles. The molecule has 0 aliphatic rings. The van der Waals surface area contributed by atoms with Crippen LogP contribution in [0.4, 0.5) is 0 Å². The van der Waals surface area contributed by atoms with Crippen molar-refractivity contribution in [2.45, 2.75) is 26.8 Å². The van der Waals surface area contributed by atoms with E-state index in [4.69, 9.17) is 11.6 Å². The first-order valence-corrected chi connectivity index (χ1v) is 7.35. The van der Waals surface area contributed by atoms with Crippen LogP contribution in [0.2, 0.25) is 4.34 Å². The van der Waals surface area contributed by atoms with Gasteiger partial charge in [0.1, 0.15) is 0 Å². The topological polar surface area (TPSA) is 12.0 Å². The normalized spacial score (nSPS) is 10.8. The van der Waals surface area contributed by atoms with E-state index in [1.165, 1.54) is 21.6 Å². The standard InChI is InChI=1S/C15H18ClNS/c1-11-7-12(2)9-13(8-11)10-17-6-5-14-3-4-15(16)18-14/h3-4,7-9,17H,5-6,10H2,1-2H3. The molecule has 0 atom stereocenters. The summed E-state index contributed by atoms with van der Waals surface area (Å²) in [6.07, 6.45) is 1.04. The molecular weight excluding hydrogens is 262 g/mol. The molecule has 0 unspecified atom stereocenters. The highest BCUT2D eigenvalue weighted by atomic mass is 35.5. The summed E-state index contributed by atoms with van der Waals surface area (Å²) in [5.41, 5.74) is 4.02. The van der Waals surface area contributed by atoms with Crippen LogP contribution >= 0.6 is 22.9 Å². The summed E-state index contributed by atoms with van der Waals surface area (Å²) in [4.78, 5) is 1.34. The number of rotatable bonds is 5. The lowest BCUT2D eigenvalue weighted by atomic mass is 10.1. The van der Waals surface area contributed by atoms with E-state index < -0.39 is 0 Å². The molecular formula is C15H18ClNS. The molecule has 2 aromatic rings. The highest BCUT2D eigenvalue weighted by Gasteiger charge is 1.99. The highest BCUT2D eigenvalue weighted by Crippen LogP contribution is 2.21. The lowest BCUT2D eigenvalue weighted by Crippen LogP contribution is -2.16. The Balaban J connectivity index is 1.78. The van der Waals surface area contributed by atoms with Crippen LogP contribution in [0.25, 0.3) is 0 Å². The quantitative estimate of drug-likeness (QED) is 0.803. The van der Waals surface area contributed by atoms with Gasteiger partial charge in [-0.15, -0.1) is 11.3 Å². The fourth-order valence-electron chi connectivity index (χ4n) is 2.10. The molecule has 0 amide bonds. The van der Waals surface area contributed by atoms with Crippen molar-refractivity contribution in [3.8, 4) is 0 Å². The van der Waals surface area contributed by atoms with Crippen molar-refractivity contribution in [1.29, 1.82) is 0 Å². The molecule has 2 rings (SSSR count). The largest absolute Gasteiger partial charge is 0.312 e. The molecule has 0 bridgehead atoms. The summed E-state index contributed by atoms with van der Waals surface area (Å²) in [6, 6.07) is 10.7. The van der Waals surface area contributed by atoms with Crippen molar-refractivity contribution in [1.82, 2.24) is 5.32 Å². The Morgan fingerprint density at radius 3 is 2.44 bits per heavy atom. The second kappa shape index (κ2) is 6.37. The number of hydrogen-bond donors (Lipinski definition) is 1. The second-order valence-electron chi connectivity index (χ2n) is 4.63. The highest BCUT2D eigenvalue weighted by molar-refractivity contribution is 7.16. The van der Waals surface area contributed by atoms with Gasteiger partial charge in [-0.1, -0.05) is 40.9 Å². The summed E-state index contributed by atoms with van der Waals surface area (Å²) < 4.78 is 0.874. The SMILES string of the molecule is Cc1cc(C)cc(CNCCc2ccc(Cl)s2)c1. The van der Waals surface area contributed by atoms with Crippen molar-refractivity contribution in [3.05, 3.63) is 56.2 Å². The van der Waals surface area contributed by atoms with Crippen molar-refractivity contribution in [2.75, 3.05) is 6.54 Å². The van der Waals surface area contributed by atoms with Crippen LogP contribution in [0.3, 0.4) is 0 Å². The number of benzene rings is 1. The Kier molecular flexibility index (Phi) is 4.81. The van der Waals surface area contributed by atoms with Crippen LogP contribution in [0.5, 0.6) is 0 Å². The summed E-state index contributed by atoms with van der Waals surface area (Å²) in [5.74, 6) is 0. The minimum atomic E-state index is 0.874. The molecule has 1 nitrogen and oxygen atoms in total. The molecule has 0 fully saturated rings. The molecule has 1 aromatic carbocycles. The van der Waals surface area contributed by atoms with Gasteiger partial charge in [-0.25, -0.2) is 0 Å². The summed E-state index contributed by atoms with van der Waals surface area (Å²) >= 11 is 7.57. The first kappa shape index (κ1) is 13.6.